The maximum atomic E-state index is 10.7. The van der Waals surface area contributed by atoms with Gasteiger partial charge in [-0.15, -0.1) is 0 Å². The molecule has 0 saturated heterocycles. The minimum Gasteiger partial charge on any atom is -0.422 e. The first-order chi connectivity index (χ1) is 4.50. The summed E-state index contributed by atoms with van der Waals surface area (Å²) >= 11 is 1.85. The molecule has 4 nitrogen and oxygen atoms in total. The van der Waals surface area contributed by atoms with Crippen LogP contribution in [0.5, 0.6) is 0 Å². The SMILES string of the molecule is CS(=O)(=O)c1ncc(I)o1. The molecule has 0 amide bonds. The van der Waals surface area contributed by atoms with Crippen molar-refractivity contribution in [3.8, 4) is 0 Å². The first-order valence-corrected chi connectivity index (χ1v) is 5.28. The molecule has 0 spiro atoms. The Bertz CT molecular complexity index is 328. The standard InChI is InChI=1S/C4H4INO3S/c1-10(7,8)4-6-2-3(5)9-4/h2H,1H3. The van der Waals surface area contributed by atoms with Crippen LogP contribution in [-0.2, 0) is 9.84 Å². The zero-order valence-electron chi connectivity index (χ0n) is 5.04. The summed E-state index contributed by atoms with van der Waals surface area (Å²) in [6.07, 6.45) is 2.41. The van der Waals surface area contributed by atoms with Gasteiger partial charge in [0.25, 0.3) is 0 Å². The van der Waals surface area contributed by atoms with Gasteiger partial charge in [-0.3, -0.25) is 0 Å². The smallest absolute Gasteiger partial charge is 0.315 e. The fraction of sp³-hybridized carbons (Fsp3) is 0.250. The summed E-state index contributed by atoms with van der Waals surface area (Å²) in [5.41, 5.74) is 0. The summed E-state index contributed by atoms with van der Waals surface area (Å²) in [6, 6.07) is 0. The summed E-state index contributed by atoms with van der Waals surface area (Å²) in [7, 11) is -3.26. The van der Waals surface area contributed by atoms with Gasteiger partial charge in [0, 0.05) is 28.8 Å². The van der Waals surface area contributed by atoms with Crippen LogP contribution in [-0.4, -0.2) is 19.7 Å². The molecule has 0 unspecified atom stereocenters. The molecule has 0 N–H and O–H groups in total. The molecule has 0 bridgehead atoms. The minimum atomic E-state index is -3.26. The van der Waals surface area contributed by atoms with Crippen molar-refractivity contribution in [3.63, 3.8) is 0 Å². The van der Waals surface area contributed by atoms with E-state index in [0.717, 1.165) is 6.26 Å². The average Bonchev–Trinajstić information content (AvgIpc) is 2.11. The highest BCUT2D eigenvalue weighted by molar-refractivity contribution is 14.1. The third-order valence-corrected chi connectivity index (χ3v) is 2.10. The number of rotatable bonds is 1. The first-order valence-electron chi connectivity index (χ1n) is 2.31. The summed E-state index contributed by atoms with van der Waals surface area (Å²) < 4.78 is 26.6. The van der Waals surface area contributed by atoms with Crippen molar-refractivity contribution in [2.24, 2.45) is 0 Å². The molecular formula is C4H4INO3S. The maximum absolute atomic E-state index is 10.7. The molecule has 1 aromatic rings. The molecule has 0 aliphatic rings. The molecule has 56 valence electrons. The molecular weight excluding hydrogens is 269 g/mol. The van der Waals surface area contributed by atoms with Gasteiger partial charge in [0.1, 0.15) is 0 Å². The monoisotopic (exact) mass is 273 g/mol. The number of hydrogen-bond donors (Lipinski definition) is 0. The molecule has 0 radical (unpaired) electrons. The highest BCUT2D eigenvalue weighted by atomic mass is 127. The average molecular weight is 273 g/mol. The van der Waals surface area contributed by atoms with Crippen LogP contribution in [0.3, 0.4) is 0 Å². The Balaban J connectivity index is 3.21. The van der Waals surface area contributed by atoms with E-state index in [9.17, 15) is 8.42 Å². The van der Waals surface area contributed by atoms with Crippen molar-refractivity contribution in [2.75, 3.05) is 6.26 Å². The molecule has 1 heterocycles. The lowest BCUT2D eigenvalue weighted by molar-refractivity contribution is 0.413. The van der Waals surface area contributed by atoms with Gasteiger partial charge in [-0.25, -0.2) is 13.4 Å². The van der Waals surface area contributed by atoms with E-state index in [-0.39, 0.29) is 5.22 Å². The lowest BCUT2D eigenvalue weighted by Gasteiger charge is -1.85. The number of nitrogens with zero attached hydrogens (tertiary/aromatic N) is 1. The topological polar surface area (TPSA) is 60.2 Å². The van der Waals surface area contributed by atoms with Crippen molar-refractivity contribution < 1.29 is 12.8 Å². The number of aromatic nitrogens is 1. The van der Waals surface area contributed by atoms with Gasteiger partial charge in [-0.2, -0.15) is 0 Å². The maximum Gasteiger partial charge on any atom is 0.315 e. The summed E-state index contributed by atoms with van der Waals surface area (Å²) in [6.45, 7) is 0. The van der Waals surface area contributed by atoms with E-state index in [0.29, 0.717) is 3.77 Å². The van der Waals surface area contributed by atoms with Crippen LogP contribution in [0.15, 0.2) is 15.8 Å². The Labute approximate surface area is 71.7 Å². The fourth-order valence-electron chi connectivity index (χ4n) is 0.411. The molecule has 6 heteroatoms. The zero-order valence-corrected chi connectivity index (χ0v) is 8.01. The van der Waals surface area contributed by atoms with E-state index in [1.807, 2.05) is 22.6 Å². The summed E-state index contributed by atoms with van der Waals surface area (Å²) in [5, 5.41) is -0.225. The van der Waals surface area contributed by atoms with Gasteiger partial charge in [0.15, 0.2) is 3.77 Å². The van der Waals surface area contributed by atoms with Crippen LogP contribution in [0.4, 0.5) is 0 Å². The molecule has 0 aliphatic heterocycles. The summed E-state index contributed by atoms with van der Waals surface area (Å²) in [5.74, 6) is 0. The fourth-order valence-corrected chi connectivity index (χ4v) is 1.39. The van der Waals surface area contributed by atoms with Gasteiger partial charge >= 0.3 is 5.22 Å². The van der Waals surface area contributed by atoms with E-state index in [4.69, 9.17) is 4.42 Å². The molecule has 1 aromatic heterocycles. The molecule has 0 aromatic carbocycles. The predicted octanol–water partition coefficient (Wildman–Crippen LogP) is 0.683. The lowest BCUT2D eigenvalue weighted by atomic mass is 11.0. The number of sulfone groups is 1. The highest BCUT2D eigenvalue weighted by Crippen LogP contribution is 2.10. The Morgan fingerprint density at radius 3 is 2.50 bits per heavy atom. The van der Waals surface area contributed by atoms with Gasteiger partial charge in [-0.05, 0) is 0 Å². The second-order valence-electron chi connectivity index (χ2n) is 1.70. The van der Waals surface area contributed by atoms with Crippen LogP contribution < -0.4 is 0 Å². The molecule has 0 saturated carbocycles. The Hall–Kier alpha value is -0.110. The normalized spacial score (nSPS) is 11.8. The van der Waals surface area contributed by atoms with E-state index in [2.05, 4.69) is 4.98 Å². The van der Waals surface area contributed by atoms with E-state index < -0.39 is 9.84 Å². The largest absolute Gasteiger partial charge is 0.422 e. The second-order valence-corrected chi connectivity index (χ2v) is 4.66. The Morgan fingerprint density at radius 1 is 1.70 bits per heavy atom. The van der Waals surface area contributed by atoms with Crippen molar-refractivity contribution in [1.29, 1.82) is 0 Å². The van der Waals surface area contributed by atoms with Crippen molar-refractivity contribution in [3.05, 3.63) is 9.96 Å². The van der Waals surface area contributed by atoms with Crippen LogP contribution in [0, 0.1) is 3.77 Å². The van der Waals surface area contributed by atoms with Gasteiger partial charge < -0.3 is 4.42 Å². The van der Waals surface area contributed by atoms with Crippen LogP contribution in [0.1, 0.15) is 0 Å². The van der Waals surface area contributed by atoms with Gasteiger partial charge in [0.05, 0.1) is 6.20 Å². The van der Waals surface area contributed by atoms with Crippen LogP contribution in [0.25, 0.3) is 0 Å². The molecule has 1 rings (SSSR count). The molecule has 0 fully saturated rings. The quantitative estimate of drug-likeness (QED) is 0.706. The number of oxazole rings is 1. The van der Waals surface area contributed by atoms with Crippen molar-refractivity contribution in [1.82, 2.24) is 4.98 Å². The lowest BCUT2D eigenvalue weighted by Crippen LogP contribution is -1.95. The van der Waals surface area contributed by atoms with E-state index in [1.165, 1.54) is 6.20 Å². The number of hydrogen-bond acceptors (Lipinski definition) is 4. The van der Waals surface area contributed by atoms with Crippen LogP contribution >= 0.6 is 22.6 Å². The molecule has 0 atom stereocenters. The summed E-state index contributed by atoms with van der Waals surface area (Å²) in [4.78, 5) is 3.52. The Morgan fingerprint density at radius 2 is 2.30 bits per heavy atom. The van der Waals surface area contributed by atoms with Crippen molar-refractivity contribution >= 4 is 32.4 Å². The van der Waals surface area contributed by atoms with Gasteiger partial charge in [-0.1, -0.05) is 0 Å². The molecule has 0 aliphatic carbocycles. The third-order valence-electron chi connectivity index (χ3n) is 0.773. The zero-order chi connectivity index (χ0) is 7.78. The number of halogens is 1. The van der Waals surface area contributed by atoms with Crippen LogP contribution in [0.2, 0.25) is 0 Å². The van der Waals surface area contributed by atoms with E-state index in [1.54, 1.807) is 0 Å². The van der Waals surface area contributed by atoms with Gasteiger partial charge in [0.2, 0.25) is 9.84 Å². The third kappa shape index (κ3) is 1.69. The predicted molar refractivity (Wildman–Crippen MR) is 42.3 cm³/mol. The van der Waals surface area contributed by atoms with E-state index >= 15 is 0 Å². The first kappa shape index (κ1) is 7.99. The minimum absolute atomic E-state index is 0.225. The Kier molecular flexibility index (Phi) is 1.99. The highest BCUT2D eigenvalue weighted by Gasteiger charge is 2.12. The second kappa shape index (κ2) is 2.50. The van der Waals surface area contributed by atoms with Crippen molar-refractivity contribution in [2.45, 2.75) is 5.22 Å². The molecule has 10 heavy (non-hydrogen) atoms.